The molecular weight excluding hydrogens is 492 g/mol. The van der Waals surface area contributed by atoms with Gasteiger partial charge in [-0.25, -0.2) is 4.90 Å². The molecule has 3 aliphatic rings. The molecule has 3 aromatic carbocycles. The number of carbonyl (C=O) groups excluding carboxylic acids is 3. The van der Waals surface area contributed by atoms with E-state index in [-0.39, 0.29) is 17.6 Å². The van der Waals surface area contributed by atoms with E-state index in [2.05, 4.69) is 6.92 Å². The van der Waals surface area contributed by atoms with Crippen molar-refractivity contribution < 1.29 is 23.9 Å². The molecule has 4 atom stereocenters. The highest BCUT2D eigenvalue weighted by molar-refractivity contribution is 6.25. The number of nitrogens with zero attached hydrogens (tertiary/aromatic N) is 2. The lowest BCUT2D eigenvalue weighted by Gasteiger charge is -2.36. The van der Waals surface area contributed by atoms with Crippen LogP contribution in [0.2, 0.25) is 0 Å². The summed E-state index contributed by atoms with van der Waals surface area (Å²) >= 11 is 0. The van der Waals surface area contributed by atoms with Crippen LogP contribution in [0, 0.1) is 11.8 Å². The molecule has 2 fully saturated rings. The number of rotatable bonds is 8. The van der Waals surface area contributed by atoms with Gasteiger partial charge < -0.3 is 14.4 Å². The molecule has 6 rings (SSSR count). The number of hydrogen-bond donors (Lipinski definition) is 0. The van der Waals surface area contributed by atoms with Crippen LogP contribution in [0.5, 0.6) is 11.5 Å². The number of ether oxygens (including phenoxy) is 2. The van der Waals surface area contributed by atoms with Crippen LogP contribution in [0.4, 0.5) is 11.4 Å². The number of methoxy groups -OCH3 is 1. The molecule has 7 nitrogen and oxygen atoms in total. The van der Waals surface area contributed by atoms with Crippen molar-refractivity contribution in [2.75, 3.05) is 23.5 Å². The predicted octanol–water partition coefficient (Wildman–Crippen LogP) is 5.15. The van der Waals surface area contributed by atoms with E-state index >= 15 is 0 Å². The molecule has 0 radical (unpaired) electrons. The zero-order valence-electron chi connectivity index (χ0n) is 21.9. The SMILES string of the molecule is CCCCOc1ccc(N2C(=O)[C@@H]3[C@H](C2=O)[C@H](C(=O)c2ccc(OC)cc2)N2c4ccccc4C=C[C@@H]32)cc1. The first-order chi connectivity index (χ1) is 19.0. The summed E-state index contributed by atoms with van der Waals surface area (Å²) < 4.78 is 11.0. The van der Waals surface area contributed by atoms with Crippen molar-refractivity contribution >= 4 is 35.0 Å². The molecule has 3 aromatic rings. The van der Waals surface area contributed by atoms with Gasteiger partial charge in [-0.1, -0.05) is 43.7 Å². The third kappa shape index (κ3) is 4.09. The van der Waals surface area contributed by atoms with Crippen molar-refractivity contribution in [3.8, 4) is 11.5 Å². The number of Topliss-reactive ketones (excluding diaryl/α,β-unsaturated/α-hetero) is 1. The van der Waals surface area contributed by atoms with Crippen LogP contribution >= 0.6 is 0 Å². The maximum atomic E-state index is 14.1. The number of fused-ring (bicyclic) bond motifs is 5. The van der Waals surface area contributed by atoms with Gasteiger partial charge in [-0.3, -0.25) is 14.4 Å². The average molecular weight is 523 g/mol. The highest BCUT2D eigenvalue weighted by Gasteiger charge is 2.64. The molecule has 0 aliphatic carbocycles. The Hall–Kier alpha value is -4.39. The Labute approximate surface area is 227 Å². The van der Waals surface area contributed by atoms with Crippen LogP contribution < -0.4 is 19.3 Å². The fourth-order valence-corrected chi connectivity index (χ4v) is 6.02. The molecule has 2 amide bonds. The van der Waals surface area contributed by atoms with Gasteiger partial charge in [0.2, 0.25) is 11.8 Å². The third-order valence-corrected chi connectivity index (χ3v) is 7.92. The van der Waals surface area contributed by atoms with Crippen molar-refractivity contribution in [1.29, 1.82) is 0 Å². The number of hydrogen-bond acceptors (Lipinski definition) is 6. The van der Waals surface area contributed by atoms with E-state index < -0.39 is 23.9 Å². The summed E-state index contributed by atoms with van der Waals surface area (Å²) in [5.74, 6) is -0.978. The van der Waals surface area contributed by atoms with Gasteiger partial charge in [0.15, 0.2) is 5.78 Å². The summed E-state index contributed by atoms with van der Waals surface area (Å²) in [6, 6.07) is 20.5. The van der Waals surface area contributed by atoms with E-state index in [1.165, 1.54) is 4.90 Å². The van der Waals surface area contributed by atoms with E-state index in [1.807, 2.05) is 41.3 Å². The number of benzene rings is 3. The lowest BCUT2D eigenvalue weighted by Crippen LogP contribution is -2.48. The molecule has 0 spiro atoms. The van der Waals surface area contributed by atoms with Crippen LogP contribution in [0.25, 0.3) is 6.08 Å². The van der Waals surface area contributed by atoms with Gasteiger partial charge in [0.1, 0.15) is 17.5 Å². The molecule has 0 aromatic heterocycles. The zero-order valence-corrected chi connectivity index (χ0v) is 21.9. The van der Waals surface area contributed by atoms with Crippen LogP contribution in [-0.4, -0.2) is 43.4 Å². The highest BCUT2D eigenvalue weighted by Crippen LogP contribution is 2.49. The topological polar surface area (TPSA) is 76.1 Å². The summed E-state index contributed by atoms with van der Waals surface area (Å²) in [5, 5.41) is 0. The zero-order chi connectivity index (χ0) is 27.1. The van der Waals surface area contributed by atoms with Gasteiger partial charge in [0, 0.05) is 11.3 Å². The van der Waals surface area contributed by atoms with Crippen LogP contribution in [-0.2, 0) is 9.59 Å². The lowest BCUT2D eigenvalue weighted by molar-refractivity contribution is -0.122. The maximum Gasteiger partial charge on any atom is 0.240 e. The Morgan fingerprint density at radius 1 is 0.872 bits per heavy atom. The minimum Gasteiger partial charge on any atom is -0.497 e. The van der Waals surface area contributed by atoms with E-state index in [4.69, 9.17) is 9.47 Å². The number of imide groups is 1. The Morgan fingerprint density at radius 3 is 2.28 bits per heavy atom. The van der Waals surface area contributed by atoms with Crippen molar-refractivity contribution in [3.63, 3.8) is 0 Å². The van der Waals surface area contributed by atoms with Crippen molar-refractivity contribution in [3.05, 3.63) is 90.0 Å². The maximum absolute atomic E-state index is 14.1. The second-order valence-electron chi connectivity index (χ2n) is 10.1. The minimum atomic E-state index is -0.822. The lowest BCUT2D eigenvalue weighted by atomic mass is 9.86. The average Bonchev–Trinajstić information content (AvgIpc) is 3.45. The van der Waals surface area contributed by atoms with E-state index in [9.17, 15) is 14.4 Å². The Balaban J connectivity index is 1.38. The van der Waals surface area contributed by atoms with Gasteiger partial charge in [-0.2, -0.15) is 0 Å². The Bertz CT molecular complexity index is 1450. The summed E-state index contributed by atoms with van der Waals surface area (Å²) in [6.07, 6.45) is 5.93. The smallest absolute Gasteiger partial charge is 0.240 e. The Morgan fingerprint density at radius 2 is 1.56 bits per heavy atom. The first kappa shape index (κ1) is 24.9. The summed E-state index contributed by atoms with van der Waals surface area (Å²) in [4.78, 5) is 45.3. The molecule has 39 heavy (non-hydrogen) atoms. The first-order valence-electron chi connectivity index (χ1n) is 13.4. The number of para-hydroxylation sites is 1. The fourth-order valence-electron chi connectivity index (χ4n) is 6.02. The second kappa shape index (κ2) is 10.1. The quantitative estimate of drug-likeness (QED) is 0.232. The molecule has 0 saturated carbocycles. The normalized spacial score (nSPS) is 22.9. The molecule has 3 aliphatic heterocycles. The van der Waals surface area contributed by atoms with Crippen LogP contribution in [0.3, 0.4) is 0 Å². The molecule has 0 bridgehead atoms. The second-order valence-corrected chi connectivity index (χ2v) is 10.1. The van der Waals surface area contributed by atoms with Gasteiger partial charge in [-0.15, -0.1) is 0 Å². The highest BCUT2D eigenvalue weighted by atomic mass is 16.5. The molecule has 0 unspecified atom stereocenters. The summed E-state index contributed by atoms with van der Waals surface area (Å²) in [6.45, 7) is 2.71. The number of anilines is 2. The molecule has 3 heterocycles. The predicted molar refractivity (Wildman–Crippen MR) is 149 cm³/mol. The first-order valence-corrected chi connectivity index (χ1v) is 13.4. The molecule has 7 heteroatoms. The summed E-state index contributed by atoms with van der Waals surface area (Å²) in [5.41, 5.74) is 2.77. The standard InChI is InChI=1S/C32H30N2O5/c1-3-4-19-39-24-16-12-22(13-17-24)33-31(36)27-26-18-11-20-7-5-6-8-25(20)34(26)29(28(27)32(33)37)30(35)21-9-14-23(38-2)15-10-21/h5-18,26-29H,3-4,19H2,1-2H3/t26-,27-,28-,29+/m0/s1. The van der Waals surface area contributed by atoms with Crippen LogP contribution in [0.1, 0.15) is 35.7 Å². The number of amides is 2. The van der Waals surface area contributed by atoms with Crippen LogP contribution in [0.15, 0.2) is 78.9 Å². The fraction of sp³-hybridized carbons (Fsp3) is 0.281. The van der Waals surface area contributed by atoms with Gasteiger partial charge in [0.25, 0.3) is 0 Å². The van der Waals surface area contributed by atoms with Crippen molar-refractivity contribution in [2.45, 2.75) is 31.8 Å². The van der Waals surface area contributed by atoms with Crippen molar-refractivity contribution in [2.24, 2.45) is 11.8 Å². The van der Waals surface area contributed by atoms with E-state index in [1.54, 1.807) is 55.6 Å². The molecule has 0 N–H and O–H groups in total. The number of ketones is 1. The molecule has 2 saturated heterocycles. The van der Waals surface area contributed by atoms with E-state index in [0.717, 1.165) is 24.1 Å². The largest absolute Gasteiger partial charge is 0.497 e. The third-order valence-electron chi connectivity index (χ3n) is 7.92. The molecule has 198 valence electrons. The monoisotopic (exact) mass is 522 g/mol. The molecular formula is C32H30N2O5. The van der Waals surface area contributed by atoms with Gasteiger partial charge in [-0.05, 0) is 66.6 Å². The summed E-state index contributed by atoms with van der Waals surface area (Å²) in [7, 11) is 1.57. The number of unbranched alkanes of at least 4 members (excludes halogenated alkanes) is 1. The number of carbonyl (C=O) groups is 3. The Kier molecular flexibility index (Phi) is 6.43. The van der Waals surface area contributed by atoms with Gasteiger partial charge >= 0.3 is 0 Å². The van der Waals surface area contributed by atoms with Gasteiger partial charge in [0.05, 0.1) is 37.3 Å². The minimum absolute atomic E-state index is 0.192. The van der Waals surface area contributed by atoms with Crippen molar-refractivity contribution in [1.82, 2.24) is 0 Å². The van der Waals surface area contributed by atoms with E-state index in [0.29, 0.717) is 29.4 Å².